The molecule has 0 atom stereocenters. The van der Waals surface area contributed by atoms with Crippen LogP contribution in [0.4, 0.5) is 11.6 Å². The molecule has 0 radical (unpaired) electrons. The van der Waals surface area contributed by atoms with Crippen molar-refractivity contribution in [2.75, 3.05) is 11.1 Å². The summed E-state index contributed by atoms with van der Waals surface area (Å²) in [6, 6.07) is 8.61. The summed E-state index contributed by atoms with van der Waals surface area (Å²) in [7, 11) is 0. The van der Waals surface area contributed by atoms with Crippen LogP contribution in [-0.2, 0) is 6.54 Å². The summed E-state index contributed by atoms with van der Waals surface area (Å²) in [5.41, 5.74) is 9.13. The van der Waals surface area contributed by atoms with Crippen LogP contribution in [0.5, 0.6) is 0 Å². The minimum absolute atomic E-state index is 0.471. The van der Waals surface area contributed by atoms with E-state index in [2.05, 4.69) is 53.4 Å². The minimum Gasteiger partial charge on any atom is -0.382 e. The van der Waals surface area contributed by atoms with Gasteiger partial charge in [0.15, 0.2) is 11.5 Å². The van der Waals surface area contributed by atoms with Crippen LogP contribution in [0.15, 0.2) is 42.9 Å². The maximum atomic E-state index is 5.81. The molecule has 0 fully saturated rings. The maximum absolute atomic E-state index is 5.81. The van der Waals surface area contributed by atoms with Gasteiger partial charge in [-0.2, -0.15) is 0 Å². The summed E-state index contributed by atoms with van der Waals surface area (Å²) in [5, 5.41) is 3.31. The Morgan fingerprint density at radius 1 is 1.24 bits per heavy atom. The summed E-state index contributed by atoms with van der Waals surface area (Å²) in [4.78, 5) is 8.61. The van der Waals surface area contributed by atoms with Crippen LogP contribution in [0.25, 0.3) is 5.65 Å². The van der Waals surface area contributed by atoms with E-state index in [0.717, 1.165) is 5.65 Å². The zero-order chi connectivity index (χ0) is 14.8. The SMILES string of the molecule is CC(C)c1ccc(CNc2nc(N)cn3ccnc23)cc1. The molecule has 5 heteroatoms. The Labute approximate surface area is 123 Å². The molecule has 108 valence electrons. The first-order chi connectivity index (χ1) is 10.1. The zero-order valence-corrected chi connectivity index (χ0v) is 12.2. The number of nitrogen functional groups attached to an aromatic ring is 1. The standard InChI is InChI=1S/C16H19N5/c1-11(2)13-5-3-12(4-6-13)9-19-15-16-18-7-8-21(16)10-14(17)20-15/h3-8,10-11H,9,17H2,1-2H3,(H,19,20). The van der Waals surface area contributed by atoms with Gasteiger partial charge in [-0.3, -0.25) is 0 Å². The molecule has 3 N–H and O–H groups in total. The fourth-order valence-corrected chi connectivity index (χ4v) is 2.28. The summed E-state index contributed by atoms with van der Waals surface area (Å²) >= 11 is 0. The van der Waals surface area contributed by atoms with Crippen LogP contribution in [0.3, 0.4) is 0 Å². The highest BCUT2D eigenvalue weighted by Gasteiger charge is 2.06. The summed E-state index contributed by atoms with van der Waals surface area (Å²) in [6.07, 6.45) is 5.35. The number of fused-ring (bicyclic) bond motifs is 1. The molecule has 0 aliphatic heterocycles. The van der Waals surface area contributed by atoms with Gasteiger partial charge >= 0.3 is 0 Å². The summed E-state index contributed by atoms with van der Waals surface area (Å²) < 4.78 is 1.87. The first kappa shape index (κ1) is 13.4. The van der Waals surface area contributed by atoms with E-state index >= 15 is 0 Å². The van der Waals surface area contributed by atoms with Gasteiger partial charge in [-0.25, -0.2) is 9.97 Å². The van der Waals surface area contributed by atoms with E-state index in [-0.39, 0.29) is 0 Å². The van der Waals surface area contributed by atoms with Crippen LogP contribution in [-0.4, -0.2) is 14.4 Å². The number of nitrogens with zero attached hydrogens (tertiary/aromatic N) is 3. The second-order valence-electron chi connectivity index (χ2n) is 5.42. The molecule has 2 aromatic heterocycles. The molecule has 5 nitrogen and oxygen atoms in total. The fraction of sp³-hybridized carbons (Fsp3) is 0.250. The molecule has 0 aliphatic carbocycles. The Kier molecular flexibility index (Phi) is 3.48. The van der Waals surface area contributed by atoms with E-state index in [9.17, 15) is 0 Å². The van der Waals surface area contributed by atoms with Crippen molar-refractivity contribution in [1.29, 1.82) is 0 Å². The highest BCUT2D eigenvalue weighted by Crippen LogP contribution is 2.17. The molecule has 2 heterocycles. The number of rotatable bonds is 4. The molecular formula is C16H19N5. The van der Waals surface area contributed by atoms with Gasteiger partial charge in [-0.15, -0.1) is 0 Å². The quantitative estimate of drug-likeness (QED) is 0.771. The molecule has 3 aromatic rings. The van der Waals surface area contributed by atoms with Crippen molar-refractivity contribution in [3.05, 3.63) is 54.0 Å². The Bertz CT molecular complexity index is 743. The highest BCUT2D eigenvalue weighted by molar-refractivity contribution is 5.64. The first-order valence-corrected chi connectivity index (χ1v) is 7.05. The van der Waals surface area contributed by atoms with E-state index < -0.39 is 0 Å². The van der Waals surface area contributed by atoms with Crippen LogP contribution in [0.2, 0.25) is 0 Å². The third-order valence-corrected chi connectivity index (χ3v) is 3.50. The second-order valence-corrected chi connectivity index (χ2v) is 5.42. The molecule has 21 heavy (non-hydrogen) atoms. The number of aromatic nitrogens is 3. The van der Waals surface area contributed by atoms with Gasteiger partial charge < -0.3 is 15.5 Å². The number of hydrogen-bond acceptors (Lipinski definition) is 4. The predicted octanol–water partition coefficient (Wildman–Crippen LogP) is 3.05. The van der Waals surface area contributed by atoms with Gasteiger partial charge in [0.25, 0.3) is 0 Å². The smallest absolute Gasteiger partial charge is 0.180 e. The Morgan fingerprint density at radius 2 is 2.00 bits per heavy atom. The number of benzene rings is 1. The number of nitrogens with two attached hydrogens (primary N) is 1. The van der Waals surface area contributed by atoms with Crippen molar-refractivity contribution >= 4 is 17.3 Å². The third-order valence-electron chi connectivity index (χ3n) is 3.50. The molecule has 3 rings (SSSR count). The van der Waals surface area contributed by atoms with Crippen LogP contribution < -0.4 is 11.1 Å². The highest BCUT2D eigenvalue weighted by atomic mass is 15.1. The van der Waals surface area contributed by atoms with Crippen LogP contribution in [0, 0.1) is 0 Å². The lowest BCUT2D eigenvalue weighted by molar-refractivity contribution is 0.865. The van der Waals surface area contributed by atoms with Crippen LogP contribution >= 0.6 is 0 Å². The van der Waals surface area contributed by atoms with E-state index in [0.29, 0.717) is 24.1 Å². The molecule has 0 amide bonds. The minimum atomic E-state index is 0.471. The monoisotopic (exact) mass is 281 g/mol. The molecule has 0 unspecified atom stereocenters. The van der Waals surface area contributed by atoms with Gasteiger partial charge in [0, 0.05) is 18.9 Å². The van der Waals surface area contributed by atoms with Gasteiger partial charge in [-0.1, -0.05) is 38.1 Å². The average molecular weight is 281 g/mol. The molecule has 0 bridgehead atoms. The van der Waals surface area contributed by atoms with Crippen molar-refractivity contribution in [2.45, 2.75) is 26.3 Å². The normalized spacial score (nSPS) is 11.2. The Balaban J connectivity index is 1.78. The second kappa shape index (κ2) is 5.44. The van der Waals surface area contributed by atoms with Crippen molar-refractivity contribution in [1.82, 2.24) is 14.4 Å². The topological polar surface area (TPSA) is 68.2 Å². The van der Waals surface area contributed by atoms with Crippen molar-refractivity contribution in [3.63, 3.8) is 0 Å². The number of hydrogen-bond donors (Lipinski definition) is 2. The lowest BCUT2D eigenvalue weighted by Crippen LogP contribution is -2.06. The van der Waals surface area contributed by atoms with Crippen LogP contribution in [0.1, 0.15) is 30.9 Å². The van der Waals surface area contributed by atoms with E-state index in [1.54, 1.807) is 12.4 Å². The van der Waals surface area contributed by atoms with Crippen molar-refractivity contribution < 1.29 is 0 Å². The number of nitrogens with one attached hydrogen (secondary N) is 1. The van der Waals surface area contributed by atoms with E-state index in [1.807, 2.05) is 10.6 Å². The third kappa shape index (κ3) is 2.81. The lowest BCUT2D eigenvalue weighted by atomic mass is 10.0. The molecule has 0 saturated carbocycles. The average Bonchev–Trinajstić information content (AvgIpc) is 2.93. The number of anilines is 2. The molecule has 0 aliphatic rings. The van der Waals surface area contributed by atoms with E-state index in [1.165, 1.54) is 11.1 Å². The fourth-order valence-electron chi connectivity index (χ4n) is 2.28. The Hall–Kier alpha value is -2.56. The first-order valence-electron chi connectivity index (χ1n) is 7.05. The predicted molar refractivity (Wildman–Crippen MR) is 85.3 cm³/mol. The number of imidazole rings is 1. The summed E-state index contributed by atoms with van der Waals surface area (Å²) in [6.45, 7) is 5.08. The molecule has 0 saturated heterocycles. The molecular weight excluding hydrogens is 262 g/mol. The Morgan fingerprint density at radius 3 is 2.71 bits per heavy atom. The van der Waals surface area contributed by atoms with Crippen molar-refractivity contribution in [2.24, 2.45) is 0 Å². The van der Waals surface area contributed by atoms with Gasteiger partial charge in [0.05, 0.1) is 6.20 Å². The van der Waals surface area contributed by atoms with E-state index in [4.69, 9.17) is 5.73 Å². The van der Waals surface area contributed by atoms with Gasteiger partial charge in [-0.05, 0) is 17.0 Å². The van der Waals surface area contributed by atoms with Gasteiger partial charge in [0.1, 0.15) is 5.82 Å². The maximum Gasteiger partial charge on any atom is 0.180 e. The summed E-state index contributed by atoms with van der Waals surface area (Å²) in [5.74, 6) is 1.72. The molecule has 1 aromatic carbocycles. The molecule has 0 spiro atoms. The van der Waals surface area contributed by atoms with Gasteiger partial charge in [0.2, 0.25) is 0 Å². The zero-order valence-electron chi connectivity index (χ0n) is 12.2. The lowest BCUT2D eigenvalue weighted by Gasteiger charge is -2.10. The largest absolute Gasteiger partial charge is 0.382 e. The van der Waals surface area contributed by atoms with Crippen molar-refractivity contribution in [3.8, 4) is 0 Å².